The number of carbonyl (C=O) groups excluding carboxylic acids is 1. The van der Waals surface area contributed by atoms with E-state index < -0.39 is 0 Å². The summed E-state index contributed by atoms with van der Waals surface area (Å²) in [6, 6.07) is 15.2. The van der Waals surface area contributed by atoms with E-state index in [4.69, 9.17) is 21.1 Å². The minimum atomic E-state index is -0.295. The summed E-state index contributed by atoms with van der Waals surface area (Å²) in [5, 5.41) is 17.4. The number of hydrogen-bond donors (Lipinski definition) is 2. The maximum absolute atomic E-state index is 12.7. The summed E-state index contributed by atoms with van der Waals surface area (Å²) in [7, 11) is 3.85. The van der Waals surface area contributed by atoms with E-state index in [1.807, 2.05) is 78.0 Å². The van der Waals surface area contributed by atoms with Gasteiger partial charge < -0.3 is 25.0 Å². The van der Waals surface area contributed by atoms with Crippen LogP contribution in [0.15, 0.2) is 60.8 Å². The molecule has 0 radical (unpaired) electrons. The fourth-order valence-corrected chi connectivity index (χ4v) is 4.70. The third-order valence-electron chi connectivity index (χ3n) is 6.71. The fraction of sp³-hybridized carbons (Fsp3) is 0.368. The molecule has 1 amide bonds. The van der Waals surface area contributed by atoms with Crippen LogP contribution >= 0.6 is 11.6 Å². The zero-order valence-electron chi connectivity index (χ0n) is 29.9. The van der Waals surface area contributed by atoms with E-state index in [0.717, 1.165) is 11.3 Å². The monoisotopic (exact) mass is 672 g/mol. The quantitative estimate of drug-likeness (QED) is 0.143. The number of amides is 1. The summed E-state index contributed by atoms with van der Waals surface area (Å²) in [6.45, 7) is 17.2. The number of benzene rings is 2. The Labute approximate surface area is 291 Å². The molecule has 0 saturated carbocycles. The molecule has 2 aromatic heterocycles. The first-order valence-electron chi connectivity index (χ1n) is 16.4. The van der Waals surface area contributed by atoms with E-state index in [2.05, 4.69) is 40.5 Å². The summed E-state index contributed by atoms with van der Waals surface area (Å²) < 4.78 is 11.8. The lowest BCUT2D eigenvalue weighted by atomic mass is 10.0. The van der Waals surface area contributed by atoms with Crippen molar-refractivity contribution in [1.29, 1.82) is 5.26 Å². The number of aryl methyl sites for hydroxylation is 1. The maximum Gasteiger partial charge on any atom is 0.248 e. The molecular formula is C38H49ClN6O3. The van der Waals surface area contributed by atoms with Gasteiger partial charge in [0.15, 0.2) is 0 Å². The lowest BCUT2D eigenvalue weighted by molar-refractivity contribution is -0.111. The average Bonchev–Trinajstić information content (AvgIpc) is 3.07. The number of nitriles is 1. The highest BCUT2D eigenvalue weighted by Gasteiger charge is 2.18. The number of pyridine rings is 2. The Morgan fingerprint density at radius 2 is 1.79 bits per heavy atom. The zero-order valence-corrected chi connectivity index (χ0v) is 30.6. The molecule has 0 aliphatic heterocycles. The van der Waals surface area contributed by atoms with E-state index in [0.29, 0.717) is 81.4 Å². The van der Waals surface area contributed by atoms with Crippen LogP contribution in [0.1, 0.15) is 76.9 Å². The van der Waals surface area contributed by atoms with Crippen LogP contribution < -0.4 is 20.1 Å². The predicted octanol–water partition coefficient (Wildman–Crippen LogP) is 9.42. The largest absolute Gasteiger partial charge is 0.492 e. The molecule has 2 N–H and O–H groups in total. The number of aromatic nitrogens is 2. The number of fused-ring (bicyclic) bond motifs is 1. The molecule has 0 fully saturated rings. The van der Waals surface area contributed by atoms with Crippen LogP contribution in [0.2, 0.25) is 5.02 Å². The minimum absolute atomic E-state index is 0.295. The number of anilines is 3. The second kappa shape index (κ2) is 19.9. The molecule has 0 aliphatic rings. The third-order valence-corrected chi connectivity index (χ3v) is 7.01. The van der Waals surface area contributed by atoms with Crippen LogP contribution in [0.3, 0.4) is 0 Å². The van der Waals surface area contributed by atoms with Crippen molar-refractivity contribution in [3.63, 3.8) is 0 Å². The molecule has 4 aromatic rings. The Hall–Kier alpha value is -4.65. The van der Waals surface area contributed by atoms with Gasteiger partial charge in [-0.05, 0) is 64.2 Å². The van der Waals surface area contributed by atoms with Gasteiger partial charge in [-0.25, -0.2) is 0 Å². The number of nitrogens with zero attached hydrogens (tertiary/aromatic N) is 4. The summed E-state index contributed by atoms with van der Waals surface area (Å²) in [5.41, 5.74) is 5.16. The number of rotatable bonds is 12. The first-order valence-corrected chi connectivity index (χ1v) is 16.7. The number of hydrogen-bond acceptors (Lipinski definition) is 8. The van der Waals surface area contributed by atoms with Crippen molar-refractivity contribution in [2.24, 2.45) is 0 Å². The van der Waals surface area contributed by atoms with Crippen LogP contribution in [0.5, 0.6) is 11.5 Å². The highest BCUT2D eigenvalue weighted by atomic mass is 35.5. The van der Waals surface area contributed by atoms with Gasteiger partial charge in [-0.1, -0.05) is 65.3 Å². The van der Waals surface area contributed by atoms with Crippen LogP contribution in [0.25, 0.3) is 10.9 Å². The van der Waals surface area contributed by atoms with Crippen molar-refractivity contribution in [2.75, 3.05) is 37.9 Å². The molecule has 0 spiro atoms. The smallest absolute Gasteiger partial charge is 0.248 e. The zero-order chi connectivity index (χ0) is 35.8. The van der Waals surface area contributed by atoms with Gasteiger partial charge in [-0.2, -0.15) is 5.26 Å². The van der Waals surface area contributed by atoms with Crippen molar-refractivity contribution in [3.8, 4) is 17.6 Å². The summed E-state index contributed by atoms with van der Waals surface area (Å²) in [6.07, 6.45) is 5.07. The first-order chi connectivity index (χ1) is 23.1. The molecule has 10 heteroatoms. The Kier molecular flexibility index (Phi) is 16.4. The molecule has 9 nitrogen and oxygen atoms in total. The highest BCUT2D eigenvalue weighted by molar-refractivity contribution is 6.32. The van der Waals surface area contributed by atoms with Crippen LogP contribution in [0.4, 0.5) is 17.1 Å². The van der Waals surface area contributed by atoms with E-state index in [9.17, 15) is 10.1 Å². The number of ether oxygens (including phenoxy) is 2. The maximum atomic E-state index is 12.7. The van der Waals surface area contributed by atoms with Gasteiger partial charge in [0.25, 0.3) is 0 Å². The van der Waals surface area contributed by atoms with Crippen molar-refractivity contribution in [3.05, 3.63) is 88.4 Å². The Morgan fingerprint density at radius 3 is 2.38 bits per heavy atom. The van der Waals surface area contributed by atoms with Gasteiger partial charge in [-0.15, -0.1) is 0 Å². The molecule has 2 aromatic carbocycles. The molecule has 0 atom stereocenters. The lowest BCUT2D eigenvalue weighted by Crippen LogP contribution is -2.13. The van der Waals surface area contributed by atoms with Gasteiger partial charge >= 0.3 is 0 Å². The SMILES string of the molecule is CC.CC.CCOc1cc2nc(C)c(C#N)c(Nc3ccc(OCc4ccc(C(C)C)nc4)c(Cl)c3)c2cc1NC(=O)/C=C/CN(C)C. The normalized spacial score (nSPS) is 10.6. The molecule has 0 unspecified atom stereocenters. The van der Waals surface area contributed by atoms with Crippen molar-refractivity contribution in [1.82, 2.24) is 14.9 Å². The molecule has 4 rings (SSSR count). The first kappa shape index (κ1) is 39.5. The molecule has 0 bridgehead atoms. The van der Waals surface area contributed by atoms with E-state index in [1.165, 1.54) is 6.08 Å². The fourth-order valence-electron chi connectivity index (χ4n) is 4.46. The predicted molar refractivity (Wildman–Crippen MR) is 199 cm³/mol. The van der Waals surface area contributed by atoms with Gasteiger partial charge in [0.05, 0.1) is 39.8 Å². The number of carbonyl (C=O) groups is 1. The molecule has 0 aliphatic carbocycles. The van der Waals surface area contributed by atoms with E-state index in [1.54, 1.807) is 37.3 Å². The van der Waals surface area contributed by atoms with Crippen molar-refractivity contribution in [2.45, 2.75) is 67.9 Å². The number of likely N-dealkylation sites (N-methyl/N-ethyl adjacent to an activating group) is 1. The Morgan fingerprint density at radius 1 is 1.06 bits per heavy atom. The molecule has 0 saturated heterocycles. The summed E-state index contributed by atoms with van der Waals surface area (Å²) >= 11 is 6.62. The molecule has 48 heavy (non-hydrogen) atoms. The highest BCUT2D eigenvalue weighted by Crippen LogP contribution is 2.38. The van der Waals surface area contributed by atoms with E-state index >= 15 is 0 Å². The molecule has 2 heterocycles. The second-order valence-corrected chi connectivity index (χ2v) is 11.2. The van der Waals surface area contributed by atoms with Crippen molar-refractivity contribution >= 4 is 45.5 Å². The Bertz CT molecular complexity index is 1710. The lowest BCUT2D eigenvalue weighted by Gasteiger charge is -2.17. The van der Waals surface area contributed by atoms with Crippen LogP contribution in [-0.2, 0) is 11.4 Å². The molecular weight excluding hydrogens is 624 g/mol. The number of halogens is 1. The standard InChI is InChI=1S/C34H37ClN6O3.2C2H6/c1-7-43-32-17-29-25(16-30(32)40-33(42)9-8-14-41(5)6)34(26(18-36)22(4)38-29)39-24-11-13-31(27(35)15-24)44-20-23-10-12-28(21(2)3)37-19-23;2*1-2/h8-13,15-17,19,21H,7,14,20H2,1-6H3,(H,38,39)(H,40,42);2*1-2H3/b9-8+;;. The summed E-state index contributed by atoms with van der Waals surface area (Å²) in [5.74, 6) is 1.07. The van der Waals surface area contributed by atoms with Gasteiger partial charge in [0.1, 0.15) is 24.2 Å². The number of nitrogens with one attached hydrogen (secondary N) is 2. The van der Waals surface area contributed by atoms with Crippen LogP contribution in [0, 0.1) is 18.3 Å². The molecule has 256 valence electrons. The van der Waals surface area contributed by atoms with Gasteiger partial charge in [0, 0.05) is 47.2 Å². The summed E-state index contributed by atoms with van der Waals surface area (Å²) in [4.78, 5) is 23.8. The second-order valence-electron chi connectivity index (χ2n) is 10.8. The van der Waals surface area contributed by atoms with Gasteiger partial charge in [0.2, 0.25) is 5.91 Å². The minimum Gasteiger partial charge on any atom is -0.492 e. The van der Waals surface area contributed by atoms with Crippen LogP contribution in [-0.4, -0.2) is 48.0 Å². The van der Waals surface area contributed by atoms with E-state index in [-0.39, 0.29) is 5.91 Å². The topological polar surface area (TPSA) is 112 Å². The third kappa shape index (κ3) is 11.0. The Balaban J connectivity index is 0.00000193. The van der Waals surface area contributed by atoms with Gasteiger partial charge in [-0.3, -0.25) is 14.8 Å². The van der Waals surface area contributed by atoms with Crippen molar-refractivity contribution < 1.29 is 14.3 Å². The average molecular weight is 673 g/mol.